The molecule has 1 aliphatic rings. The molecule has 0 aromatic heterocycles. The molecule has 1 fully saturated rings. The molecule has 4 amide bonds. The quantitative estimate of drug-likeness (QED) is 0.476. The molecule has 1 saturated heterocycles. The first-order valence-electron chi connectivity index (χ1n) is 9.63. The van der Waals surface area contributed by atoms with Crippen LogP contribution < -0.4 is 20.1 Å². The minimum absolute atomic E-state index is 0.274. The lowest BCUT2D eigenvalue weighted by Gasteiger charge is -2.34. The number of imide groups is 2. The lowest BCUT2D eigenvalue weighted by Crippen LogP contribution is -2.62. The highest BCUT2D eigenvalue weighted by molar-refractivity contribution is 6.19. The van der Waals surface area contributed by atoms with E-state index in [9.17, 15) is 14.4 Å². The molecule has 0 bridgehead atoms. The topological polar surface area (TPSA) is 93.7 Å². The van der Waals surface area contributed by atoms with E-state index in [-0.39, 0.29) is 12.8 Å². The average molecular weight is 396 g/mol. The normalized spacial score (nSPS) is 15.4. The van der Waals surface area contributed by atoms with Crippen molar-refractivity contribution in [1.82, 2.24) is 10.6 Å². The summed E-state index contributed by atoms with van der Waals surface area (Å²) in [5, 5.41) is 4.45. The lowest BCUT2D eigenvalue weighted by atomic mass is 9.76. The predicted molar refractivity (Wildman–Crippen MR) is 106 cm³/mol. The Balaban J connectivity index is 1.57. The Labute approximate surface area is 169 Å². The van der Waals surface area contributed by atoms with Gasteiger partial charge in [0.25, 0.3) is 0 Å². The summed E-state index contributed by atoms with van der Waals surface area (Å²) in [5.41, 5.74) is -1.31. The predicted octanol–water partition coefficient (Wildman–Crippen LogP) is 3.06. The lowest BCUT2D eigenvalue weighted by molar-refractivity contribution is -0.145. The monoisotopic (exact) mass is 396 g/mol. The molecule has 1 heterocycles. The van der Waals surface area contributed by atoms with E-state index < -0.39 is 23.3 Å². The fourth-order valence-corrected chi connectivity index (χ4v) is 3.32. The van der Waals surface area contributed by atoms with Crippen LogP contribution in [-0.2, 0) is 9.59 Å². The average Bonchev–Trinajstić information content (AvgIpc) is 2.73. The van der Waals surface area contributed by atoms with Crippen LogP contribution in [0.1, 0.15) is 25.7 Å². The van der Waals surface area contributed by atoms with Gasteiger partial charge < -0.3 is 9.47 Å². The van der Waals surface area contributed by atoms with Crippen molar-refractivity contribution in [1.29, 1.82) is 0 Å². The molecule has 1 aliphatic heterocycles. The number of para-hydroxylation sites is 2. The van der Waals surface area contributed by atoms with Gasteiger partial charge in [-0.25, -0.2) is 4.79 Å². The molecule has 0 unspecified atom stereocenters. The Kier molecular flexibility index (Phi) is 6.84. The highest BCUT2D eigenvalue weighted by atomic mass is 16.5. The third-order valence-electron chi connectivity index (χ3n) is 4.84. The molecule has 2 aromatic carbocycles. The molecule has 0 spiro atoms. The summed E-state index contributed by atoms with van der Waals surface area (Å²) in [4.78, 5) is 36.7. The van der Waals surface area contributed by atoms with Crippen molar-refractivity contribution in [3.05, 3.63) is 60.7 Å². The summed E-state index contributed by atoms with van der Waals surface area (Å²) in [6.45, 7) is 0.724. The Bertz CT molecular complexity index is 769. The fourth-order valence-electron chi connectivity index (χ4n) is 3.32. The number of urea groups is 1. The van der Waals surface area contributed by atoms with Crippen LogP contribution in [0.3, 0.4) is 0 Å². The number of amides is 4. The van der Waals surface area contributed by atoms with Gasteiger partial charge in [-0.1, -0.05) is 36.4 Å². The number of hydrogen-bond acceptors (Lipinski definition) is 5. The summed E-state index contributed by atoms with van der Waals surface area (Å²) in [7, 11) is 0. The molecule has 0 radical (unpaired) electrons. The van der Waals surface area contributed by atoms with Crippen LogP contribution in [0.4, 0.5) is 4.79 Å². The number of ether oxygens (including phenoxy) is 2. The summed E-state index contributed by atoms with van der Waals surface area (Å²) in [6.07, 6.45) is 1.53. The second-order valence-corrected chi connectivity index (χ2v) is 6.85. The maximum Gasteiger partial charge on any atom is 0.328 e. The zero-order valence-electron chi connectivity index (χ0n) is 16.1. The molecule has 0 atom stereocenters. The van der Waals surface area contributed by atoms with Gasteiger partial charge in [0.15, 0.2) is 0 Å². The number of carbonyl (C=O) groups excluding carboxylic acids is 3. The first-order chi connectivity index (χ1) is 14.1. The highest BCUT2D eigenvalue weighted by Crippen LogP contribution is 2.33. The van der Waals surface area contributed by atoms with Crippen LogP contribution in [0.15, 0.2) is 60.7 Å². The minimum Gasteiger partial charge on any atom is -0.494 e. The smallest absolute Gasteiger partial charge is 0.328 e. The molecule has 0 aliphatic carbocycles. The van der Waals surface area contributed by atoms with Gasteiger partial charge in [-0.2, -0.15) is 0 Å². The van der Waals surface area contributed by atoms with Gasteiger partial charge in [0, 0.05) is 0 Å². The summed E-state index contributed by atoms with van der Waals surface area (Å²) in [6, 6.07) is 17.9. The first-order valence-corrected chi connectivity index (χ1v) is 9.63. The van der Waals surface area contributed by atoms with Gasteiger partial charge >= 0.3 is 6.03 Å². The second kappa shape index (κ2) is 9.73. The Hall–Kier alpha value is -3.35. The van der Waals surface area contributed by atoms with Gasteiger partial charge in [0.05, 0.1) is 13.2 Å². The number of benzene rings is 2. The number of hydrogen-bond donors (Lipinski definition) is 2. The highest BCUT2D eigenvalue weighted by Gasteiger charge is 2.49. The first kappa shape index (κ1) is 20.4. The molecule has 0 saturated carbocycles. The van der Waals surface area contributed by atoms with Gasteiger partial charge in [0.2, 0.25) is 11.8 Å². The van der Waals surface area contributed by atoms with E-state index in [4.69, 9.17) is 9.47 Å². The van der Waals surface area contributed by atoms with Crippen molar-refractivity contribution in [2.24, 2.45) is 5.41 Å². The molecule has 7 nitrogen and oxygen atoms in total. The van der Waals surface area contributed by atoms with Gasteiger partial charge in [0.1, 0.15) is 16.9 Å². The zero-order chi connectivity index (χ0) is 20.5. The van der Waals surface area contributed by atoms with E-state index in [2.05, 4.69) is 10.6 Å². The van der Waals surface area contributed by atoms with E-state index in [1.807, 2.05) is 60.7 Å². The molecule has 29 heavy (non-hydrogen) atoms. The number of rotatable bonds is 10. The fraction of sp³-hybridized carbons (Fsp3) is 0.318. The van der Waals surface area contributed by atoms with Crippen molar-refractivity contribution in [3.8, 4) is 11.5 Å². The largest absolute Gasteiger partial charge is 0.494 e. The Morgan fingerprint density at radius 3 is 1.48 bits per heavy atom. The molecular formula is C22H24N2O5. The molecular weight excluding hydrogens is 372 g/mol. The summed E-state index contributed by atoms with van der Waals surface area (Å²) < 4.78 is 11.3. The van der Waals surface area contributed by atoms with E-state index in [0.29, 0.717) is 26.1 Å². The SMILES string of the molecule is O=C1NC(=O)C(CCCOc2ccccc2)(CCCOc2ccccc2)C(=O)N1. The van der Waals surface area contributed by atoms with Crippen LogP contribution in [0.5, 0.6) is 11.5 Å². The van der Waals surface area contributed by atoms with E-state index >= 15 is 0 Å². The molecule has 3 rings (SSSR count). The van der Waals surface area contributed by atoms with E-state index in [1.165, 1.54) is 0 Å². The molecule has 152 valence electrons. The van der Waals surface area contributed by atoms with Crippen LogP contribution in [0.25, 0.3) is 0 Å². The summed E-state index contributed by atoms with van der Waals surface area (Å²) in [5.74, 6) is 0.326. The maximum absolute atomic E-state index is 12.6. The molecule has 2 aromatic rings. The number of carbonyl (C=O) groups is 3. The van der Waals surface area contributed by atoms with Crippen molar-refractivity contribution < 1.29 is 23.9 Å². The van der Waals surface area contributed by atoms with Crippen LogP contribution in [-0.4, -0.2) is 31.1 Å². The second-order valence-electron chi connectivity index (χ2n) is 6.85. The summed E-state index contributed by atoms with van der Waals surface area (Å²) >= 11 is 0. The molecule has 7 heteroatoms. The van der Waals surface area contributed by atoms with Crippen molar-refractivity contribution in [2.75, 3.05) is 13.2 Å². The van der Waals surface area contributed by atoms with Crippen molar-refractivity contribution >= 4 is 17.8 Å². The number of nitrogens with one attached hydrogen (secondary N) is 2. The minimum atomic E-state index is -1.31. The van der Waals surface area contributed by atoms with Crippen molar-refractivity contribution in [2.45, 2.75) is 25.7 Å². The van der Waals surface area contributed by atoms with Gasteiger partial charge in [-0.05, 0) is 49.9 Å². The third kappa shape index (κ3) is 5.34. The molecule has 2 N–H and O–H groups in total. The van der Waals surface area contributed by atoms with Crippen molar-refractivity contribution in [3.63, 3.8) is 0 Å². The Morgan fingerprint density at radius 2 is 1.07 bits per heavy atom. The van der Waals surface area contributed by atoms with Gasteiger partial charge in [-0.3, -0.25) is 20.2 Å². The van der Waals surface area contributed by atoms with Crippen LogP contribution in [0, 0.1) is 5.41 Å². The van der Waals surface area contributed by atoms with E-state index in [1.54, 1.807) is 0 Å². The maximum atomic E-state index is 12.6. The van der Waals surface area contributed by atoms with Gasteiger partial charge in [-0.15, -0.1) is 0 Å². The van der Waals surface area contributed by atoms with Crippen LogP contribution >= 0.6 is 0 Å². The van der Waals surface area contributed by atoms with Crippen LogP contribution in [0.2, 0.25) is 0 Å². The third-order valence-corrected chi connectivity index (χ3v) is 4.84. The zero-order valence-corrected chi connectivity index (χ0v) is 16.1. The Morgan fingerprint density at radius 1 is 0.655 bits per heavy atom. The standard InChI is InChI=1S/C22H24N2O5/c25-19-22(20(26)24-21(27)23-19,13-7-15-28-17-9-3-1-4-10-17)14-8-16-29-18-11-5-2-6-12-18/h1-6,9-12H,7-8,13-16H2,(H2,23,24,25,26,27). The van der Waals surface area contributed by atoms with E-state index in [0.717, 1.165) is 11.5 Å². The number of barbiturate groups is 1.